The molecule has 2 rings (SSSR count). The van der Waals surface area contributed by atoms with Gasteiger partial charge in [0.25, 0.3) is 0 Å². The predicted molar refractivity (Wildman–Crippen MR) is 71.2 cm³/mol. The number of rotatable bonds is 6. The van der Waals surface area contributed by atoms with Gasteiger partial charge in [0.15, 0.2) is 0 Å². The topological polar surface area (TPSA) is 35.2 Å². The Labute approximate surface area is 103 Å². The Kier molecular flexibility index (Phi) is 3.85. The molecule has 1 fully saturated rings. The molecule has 92 valence electrons. The first-order valence-electron chi connectivity index (χ1n) is 6.37. The molecule has 2 nitrogen and oxygen atoms in total. The largest absolute Gasteiger partial charge is 0.487 e. The zero-order valence-electron chi connectivity index (χ0n) is 10.3. The summed E-state index contributed by atoms with van der Waals surface area (Å²) in [5.74, 6) is 1.00. The highest BCUT2D eigenvalue weighted by Gasteiger charge is 2.38. The summed E-state index contributed by atoms with van der Waals surface area (Å²) >= 11 is 0. The van der Waals surface area contributed by atoms with Crippen molar-refractivity contribution in [3.05, 3.63) is 42.5 Å². The van der Waals surface area contributed by atoms with E-state index >= 15 is 0 Å². The fourth-order valence-corrected chi connectivity index (χ4v) is 2.40. The van der Waals surface area contributed by atoms with E-state index < -0.39 is 0 Å². The number of para-hydroxylation sites is 1. The van der Waals surface area contributed by atoms with Crippen molar-refractivity contribution in [2.75, 3.05) is 6.54 Å². The fourth-order valence-electron chi connectivity index (χ4n) is 2.40. The third-order valence-electron chi connectivity index (χ3n) is 3.53. The van der Waals surface area contributed by atoms with Crippen LogP contribution < -0.4 is 10.5 Å². The van der Waals surface area contributed by atoms with Gasteiger partial charge >= 0.3 is 0 Å². The van der Waals surface area contributed by atoms with Crippen LogP contribution in [-0.4, -0.2) is 12.1 Å². The quantitative estimate of drug-likeness (QED) is 0.764. The molecular weight excluding hydrogens is 210 g/mol. The van der Waals surface area contributed by atoms with E-state index in [1.165, 1.54) is 12.0 Å². The van der Waals surface area contributed by atoms with Gasteiger partial charge in [0, 0.05) is 0 Å². The highest BCUT2D eigenvalue weighted by Crippen LogP contribution is 2.40. The van der Waals surface area contributed by atoms with Crippen molar-refractivity contribution in [2.24, 2.45) is 5.73 Å². The summed E-state index contributed by atoms with van der Waals surface area (Å²) in [6.07, 6.45) is 7.24. The zero-order chi connectivity index (χ0) is 12.1. The fraction of sp³-hybridized carbons (Fsp3) is 0.467. The summed E-state index contributed by atoms with van der Waals surface area (Å²) in [5, 5.41) is 0. The first-order valence-corrected chi connectivity index (χ1v) is 6.37. The summed E-state index contributed by atoms with van der Waals surface area (Å²) in [5.41, 5.74) is 6.90. The van der Waals surface area contributed by atoms with E-state index in [1.54, 1.807) is 0 Å². The van der Waals surface area contributed by atoms with Crippen LogP contribution in [-0.2, 0) is 6.42 Å². The molecule has 0 bridgehead atoms. The summed E-state index contributed by atoms with van der Waals surface area (Å²) in [7, 11) is 0. The lowest BCUT2D eigenvalue weighted by Gasteiger charge is -2.42. The van der Waals surface area contributed by atoms with Crippen molar-refractivity contribution in [3.63, 3.8) is 0 Å². The van der Waals surface area contributed by atoms with Crippen LogP contribution in [0.25, 0.3) is 0 Å². The van der Waals surface area contributed by atoms with Gasteiger partial charge in [-0.15, -0.1) is 6.58 Å². The second-order valence-corrected chi connectivity index (χ2v) is 4.78. The molecule has 1 aromatic carbocycles. The van der Waals surface area contributed by atoms with Gasteiger partial charge in [0.05, 0.1) is 0 Å². The molecule has 0 heterocycles. The van der Waals surface area contributed by atoms with Gasteiger partial charge in [-0.05, 0) is 50.3 Å². The van der Waals surface area contributed by atoms with Gasteiger partial charge in [-0.3, -0.25) is 0 Å². The molecule has 1 aliphatic rings. The second-order valence-electron chi connectivity index (χ2n) is 4.78. The smallest absolute Gasteiger partial charge is 0.123 e. The maximum absolute atomic E-state index is 6.23. The van der Waals surface area contributed by atoms with E-state index in [0.29, 0.717) is 6.54 Å². The van der Waals surface area contributed by atoms with E-state index in [-0.39, 0.29) is 5.60 Å². The Morgan fingerprint density at radius 1 is 1.35 bits per heavy atom. The van der Waals surface area contributed by atoms with Crippen LogP contribution in [0.1, 0.15) is 31.2 Å². The Morgan fingerprint density at radius 3 is 2.71 bits per heavy atom. The zero-order valence-corrected chi connectivity index (χ0v) is 10.3. The SMILES string of the molecule is C=CCc1ccccc1OC1(CCN)CCC1. The van der Waals surface area contributed by atoms with Crippen LogP contribution in [0.2, 0.25) is 0 Å². The third-order valence-corrected chi connectivity index (χ3v) is 3.53. The minimum absolute atomic E-state index is 0.00598. The second kappa shape index (κ2) is 5.37. The number of nitrogens with two attached hydrogens (primary N) is 1. The number of ether oxygens (including phenoxy) is 1. The molecule has 0 spiro atoms. The Balaban J connectivity index is 2.14. The van der Waals surface area contributed by atoms with Crippen molar-refractivity contribution in [2.45, 2.75) is 37.7 Å². The monoisotopic (exact) mass is 231 g/mol. The standard InChI is InChI=1S/C15H21NO/c1-2-6-13-7-3-4-8-14(13)17-15(11-12-16)9-5-10-15/h2-4,7-8H,1,5-6,9-12,16H2. The van der Waals surface area contributed by atoms with E-state index in [9.17, 15) is 0 Å². The average molecular weight is 231 g/mol. The first-order chi connectivity index (χ1) is 8.29. The molecule has 2 heteroatoms. The molecule has 1 aliphatic carbocycles. The third kappa shape index (κ3) is 2.70. The molecule has 0 amide bonds. The van der Waals surface area contributed by atoms with Gasteiger partial charge < -0.3 is 10.5 Å². The molecule has 0 aliphatic heterocycles. The summed E-state index contributed by atoms with van der Waals surface area (Å²) in [6, 6.07) is 8.22. The molecule has 1 saturated carbocycles. The maximum atomic E-state index is 6.23. The van der Waals surface area contributed by atoms with Gasteiger partial charge in [-0.2, -0.15) is 0 Å². The molecule has 0 unspecified atom stereocenters. The number of allylic oxidation sites excluding steroid dienone is 1. The van der Waals surface area contributed by atoms with Gasteiger partial charge in [-0.1, -0.05) is 24.3 Å². The number of hydrogen-bond donors (Lipinski definition) is 1. The molecule has 0 saturated heterocycles. The predicted octanol–water partition coefficient (Wildman–Crippen LogP) is 3.07. The maximum Gasteiger partial charge on any atom is 0.123 e. The number of benzene rings is 1. The molecule has 0 radical (unpaired) electrons. The number of hydrogen-bond acceptors (Lipinski definition) is 2. The van der Waals surface area contributed by atoms with Crippen molar-refractivity contribution < 1.29 is 4.74 Å². The Bertz CT molecular complexity index is 382. The summed E-state index contributed by atoms with van der Waals surface area (Å²) in [4.78, 5) is 0. The van der Waals surface area contributed by atoms with Crippen LogP contribution in [0, 0.1) is 0 Å². The Morgan fingerprint density at radius 2 is 2.12 bits per heavy atom. The van der Waals surface area contributed by atoms with Crippen LogP contribution in [0.5, 0.6) is 5.75 Å². The minimum Gasteiger partial charge on any atom is -0.487 e. The van der Waals surface area contributed by atoms with Gasteiger partial charge in [0.2, 0.25) is 0 Å². The normalized spacial score (nSPS) is 17.2. The van der Waals surface area contributed by atoms with E-state index in [1.807, 2.05) is 18.2 Å². The van der Waals surface area contributed by atoms with Crippen LogP contribution in [0.15, 0.2) is 36.9 Å². The molecule has 0 aromatic heterocycles. The molecule has 2 N–H and O–H groups in total. The van der Waals surface area contributed by atoms with Crippen molar-refractivity contribution in [3.8, 4) is 5.75 Å². The lowest BCUT2D eigenvalue weighted by molar-refractivity contribution is -0.0131. The average Bonchev–Trinajstić information content (AvgIpc) is 2.29. The molecular formula is C15H21NO. The van der Waals surface area contributed by atoms with Crippen molar-refractivity contribution in [1.82, 2.24) is 0 Å². The highest BCUT2D eigenvalue weighted by molar-refractivity contribution is 5.35. The minimum atomic E-state index is 0.00598. The molecule has 0 atom stereocenters. The lowest BCUT2D eigenvalue weighted by Crippen LogP contribution is -2.44. The molecule has 1 aromatic rings. The highest BCUT2D eigenvalue weighted by atomic mass is 16.5. The van der Waals surface area contributed by atoms with Crippen LogP contribution in [0.3, 0.4) is 0 Å². The Hall–Kier alpha value is -1.28. The summed E-state index contributed by atoms with van der Waals surface area (Å²) < 4.78 is 6.23. The first kappa shape index (κ1) is 12.2. The van der Waals surface area contributed by atoms with Crippen molar-refractivity contribution in [1.29, 1.82) is 0 Å². The van der Waals surface area contributed by atoms with Gasteiger partial charge in [0.1, 0.15) is 11.4 Å². The van der Waals surface area contributed by atoms with Crippen LogP contribution in [0.4, 0.5) is 0 Å². The van der Waals surface area contributed by atoms with E-state index in [2.05, 4.69) is 18.7 Å². The summed E-state index contributed by atoms with van der Waals surface area (Å²) in [6.45, 7) is 4.49. The van der Waals surface area contributed by atoms with Gasteiger partial charge in [-0.25, -0.2) is 0 Å². The van der Waals surface area contributed by atoms with E-state index in [0.717, 1.165) is 31.4 Å². The van der Waals surface area contributed by atoms with Crippen molar-refractivity contribution >= 4 is 0 Å². The van der Waals surface area contributed by atoms with E-state index in [4.69, 9.17) is 10.5 Å². The molecule has 17 heavy (non-hydrogen) atoms. The van der Waals surface area contributed by atoms with Crippen LogP contribution >= 0.6 is 0 Å². The lowest BCUT2D eigenvalue weighted by atomic mass is 9.77.